The van der Waals surface area contributed by atoms with Gasteiger partial charge in [0.2, 0.25) is 0 Å². The molecule has 0 N–H and O–H groups in total. The molecule has 3 saturated heterocycles. The molecule has 3 aliphatic heterocycles. The molecule has 0 aromatic heterocycles. The highest BCUT2D eigenvalue weighted by Crippen LogP contribution is 2.67. The van der Waals surface area contributed by atoms with Crippen molar-refractivity contribution in [3.05, 3.63) is 28.3 Å². The number of benzene rings is 1. The van der Waals surface area contributed by atoms with Gasteiger partial charge in [-0.25, -0.2) is 4.57 Å². The zero-order valence-electron chi connectivity index (χ0n) is 8.88. The van der Waals surface area contributed by atoms with Gasteiger partial charge >= 0.3 is 7.82 Å². The third-order valence-electron chi connectivity index (χ3n) is 2.25. The van der Waals surface area contributed by atoms with Crippen LogP contribution in [0.25, 0.3) is 0 Å². The maximum absolute atomic E-state index is 11.3. The standard InChI is InChI=1S/C7H6N3O7P/c1-14-7-4-5(9(11)12)2-3-6(7)8-10-16-18(13,15-8)17-10/h2-4H,1H3. The molecule has 4 rings (SSSR count). The number of fused-ring (bicyclic) bond motifs is 1. The van der Waals surface area contributed by atoms with E-state index < -0.39 is 12.7 Å². The van der Waals surface area contributed by atoms with E-state index in [0.29, 0.717) is 0 Å². The largest absolute Gasteiger partial charge is 0.538 e. The summed E-state index contributed by atoms with van der Waals surface area (Å²) in [5, 5.41) is 12.3. The first-order chi connectivity index (χ1) is 8.52. The zero-order valence-corrected chi connectivity index (χ0v) is 9.77. The summed E-state index contributed by atoms with van der Waals surface area (Å²) in [5.74, 6) is 0.150. The molecule has 1 aromatic rings. The normalized spacial score (nSPS) is 28.9. The molecule has 96 valence electrons. The number of ether oxygens (including phenoxy) is 1. The molecular formula is C7H6N3O7P. The van der Waals surface area contributed by atoms with Crippen LogP contribution >= 0.6 is 7.82 Å². The lowest BCUT2D eigenvalue weighted by Gasteiger charge is -2.22. The van der Waals surface area contributed by atoms with Crippen molar-refractivity contribution >= 4 is 19.2 Å². The van der Waals surface area contributed by atoms with Crippen LogP contribution in [0.5, 0.6) is 5.75 Å². The van der Waals surface area contributed by atoms with Gasteiger partial charge in [-0.15, -0.1) is 19.0 Å². The smallest absolute Gasteiger partial charge is 0.494 e. The predicted molar refractivity (Wildman–Crippen MR) is 54.8 cm³/mol. The first kappa shape index (κ1) is 11.4. The zero-order chi connectivity index (χ0) is 12.9. The lowest BCUT2D eigenvalue weighted by Crippen LogP contribution is -2.34. The minimum absolute atomic E-state index is 0.148. The molecule has 18 heavy (non-hydrogen) atoms. The number of nitro groups is 1. The van der Waals surface area contributed by atoms with E-state index in [4.69, 9.17) is 9.36 Å². The highest BCUT2D eigenvalue weighted by atomic mass is 31.2. The van der Waals surface area contributed by atoms with Crippen LogP contribution in [0.15, 0.2) is 18.2 Å². The molecule has 0 amide bonds. The van der Waals surface area contributed by atoms with Gasteiger partial charge in [-0.1, -0.05) is 0 Å². The van der Waals surface area contributed by atoms with Crippen LogP contribution in [-0.2, 0) is 18.4 Å². The Balaban J connectivity index is 1.97. The number of hydrazine groups is 1. The molecule has 0 atom stereocenters. The number of non-ortho nitro benzene ring substituents is 1. The summed E-state index contributed by atoms with van der Waals surface area (Å²) >= 11 is 0. The molecule has 11 heteroatoms. The minimum atomic E-state index is -3.52. The van der Waals surface area contributed by atoms with Crippen molar-refractivity contribution in [1.29, 1.82) is 0 Å². The van der Waals surface area contributed by atoms with Crippen LogP contribution in [0, 0.1) is 10.1 Å². The molecule has 1 aromatic carbocycles. The van der Waals surface area contributed by atoms with Crippen LogP contribution < -0.4 is 9.91 Å². The summed E-state index contributed by atoms with van der Waals surface area (Å²) in [5.41, 5.74) is 0.115. The fourth-order valence-electron chi connectivity index (χ4n) is 1.47. The Labute approximate surface area is 99.8 Å². The van der Waals surface area contributed by atoms with Gasteiger partial charge in [0.1, 0.15) is 5.69 Å². The number of anilines is 1. The van der Waals surface area contributed by atoms with Gasteiger partial charge in [0.15, 0.2) is 5.75 Å². The molecule has 3 fully saturated rings. The van der Waals surface area contributed by atoms with Gasteiger partial charge < -0.3 is 4.74 Å². The number of nitrogens with zero attached hydrogens (tertiary/aromatic N) is 3. The number of nitro benzene ring substituents is 1. The van der Waals surface area contributed by atoms with E-state index in [1.807, 2.05) is 0 Å². The van der Waals surface area contributed by atoms with Crippen molar-refractivity contribution < 1.29 is 28.1 Å². The van der Waals surface area contributed by atoms with E-state index in [9.17, 15) is 14.7 Å². The molecular weight excluding hydrogens is 269 g/mol. The fraction of sp³-hybridized carbons (Fsp3) is 0.143. The molecule has 0 radical (unpaired) electrons. The van der Waals surface area contributed by atoms with E-state index in [0.717, 1.165) is 10.5 Å². The number of rotatable bonds is 3. The molecule has 0 unspecified atom stereocenters. The van der Waals surface area contributed by atoms with Crippen LogP contribution in [0.1, 0.15) is 0 Å². The van der Waals surface area contributed by atoms with Gasteiger partial charge in [-0.05, 0) is 6.07 Å². The third kappa shape index (κ3) is 1.55. The molecule has 3 heterocycles. The Morgan fingerprint density at radius 2 is 2.11 bits per heavy atom. The van der Waals surface area contributed by atoms with Crippen LogP contribution in [0.3, 0.4) is 0 Å². The summed E-state index contributed by atoms with van der Waals surface area (Å²) in [6.07, 6.45) is 0. The van der Waals surface area contributed by atoms with Crippen LogP contribution in [-0.4, -0.2) is 17.4 Å². The topological polar surface area (TPSA) is 104 Å². The molecule has 2 bridgehead atoms. The lowest BCUT2D eigenvalue weighted by atomic mass is 10.2. The summed E-state index contributed by atoms with van der Waals surface area (Å²) in [6.45, 7) is 0. The minimum Gasteiger partial charge on any atom is -0.494 e. The van der Waals surface area contributed by atoms with Crippen molar-refractivity contribution in [2.75, 3.05) is 12.3 Å². The van der Waals surface area contributed by atoms with Gasteiger partial charge in [0, 0.05) is 6.07 Å². The molecule has 0 aliphatic carbocycles. The molecule has 10 nitrogen and oxygen atoms in total. The van der Waals surface area contributed by atoms with Crippen molar-refractivity contribution in [3.63, 3.8) is 0 Å². The van der Waals surface area contributed by atoms with Crippen molar-refractivity contribution in [2.45, 2.75) is 0 Å². The summed E-state index contributed by atoms with van der Waals surface area (Å²) in [4.78, 5) is 10.1. The predicted octanol–water partition coefficient (Wildman–Crippen LogP) is 1.56. The monoisotopic (exact) mass is 275 g/mol. The summed E-state index contributed by atoms with van der Waals surface area (Å²) in [7, 11) is -2.18. The number of hydrogen-bond donors (Lipinski definition) is 0. The second-order valence-electron chi connectivity index (χ2n) is 3.32. The number of methoxy groups -OCH3 is 1. The molecule has 0 spiro atoms. The Morgan fingerprint density at radius 3 is 2.61 bits per heavy atom. The second-order valence-corrected chi connectivity index (χ2v) is 4.70. The van der Waals surface area contributed by atoms with E-state index in [1.165, 1.54) is 25.3 Å². The summed E-state index contributed by atoms with van der Waals surface area (Å²) < 4.78 is 30.5. The third-order valence-corrected chi connectivity index (χ3v) is 3.28. The maximum Gasteiger partial charge on any atom is 0.538 e. The van der Waals surface area contributed by atoms with Gasteiger partial charge in [0.05, 0.1) is 23.4 Å². The van der Waals surface area contributed by atoms with Crippen molar-refractivity contribution in [3.8, 4) is 5.75 Å². The number of hydrogen-bond acceptors (Lipinski definition) is 9. The average molecular weight is 275 g/mol. The van der Waals surface area contributed by atoms with Crippen LogP contribution in [0.4, 0.5) is 11.4 Å². The first-order valence-corrected chi connectivity index (χ1v) is 6.10. The highest BCUT2D eigenvalue weighted by molar-refractivity contribution is 7.49. The second kappa shape index (κ2) is 3.64. The van der Waals surface area contributed by atoms with Gasteiger partial charge in [-0.2, -0.15) is 0 Å². The molecule has 0 saturated carbocycles. The SMILES string of the molecule is COc1cc([N+](=O)[O-])ccc1N1OP2(=O)ON1O2. The lowest BCUT2D eigenvalue weighted by molar-refractivity contribution is -0.384. The Bertz CT molecular complexity index is 568. The number of phosphoric acid groups is 1. The van der Waals surface area contributed by atoms with E-state index in [2.05, 4.69) is 9.25 Å². The van der Waals surface area contributed by atoms with Crippen LogP contribution in [0.2, 0.25) is 0 Å². The Hall–Kier alpha value is -1.71. The quantitative estimate of drug-likeness (QED) is 0.461. The van der Waals surface area contributed by atoms with Gasteiger partial charge in [-0.3, -0.25) is 10.1 Å². The van der Waals surface area contributed by atoms with Gasteiger partial charge in [0.25, 0.3) is 5.69 Å². The maximum atomic E-state index is 11.3. The van der Waals surface area contributed by atoms with E-state index in [-0.39, 0.29) is 17.1 Å². The highest BCUT2D eigenvalue weighted by Gasteiger charge is 2.60. The Morgan fingerprint density at radius 1 is 1.39 bits per heavy atom. The van der Waals surface area contributed by atoms with Crippen molar-refractivity contribution in [2.24, 2.45) is 0 Å². The summed E-state index contributed by atoms with van der Waals surface area (Å²) in [6, 6.07) is 3.80. The van der Waals surface area contributed by atoms with Crippen molar-refractivity contribution in [1.82, 2.24) is 5.34 Å². The molecule has 3 aliphatic rings. The average Bonchev–Trinajstić information content (AvgIpc) is 2.81. The first-order valence-electron chi connectivity index (χ1n) is 4.64. The van der Waals surface area contributed by atoms with E-state index in [1.54, 1.807) is 0 Å². The van der Waals surface area contributed by atoms with E-state index >= 15 is 0 Å². The fourth-order valence-corrected chi connectivity index (χ4v) is 2.35. The Kier molecular flexibility index (Phi) is 2.30.